The number of para-hydroxylation sites is 1. The summed E-state index contributed by atoms with van der Waals surface area (Å²) >= 11 is 2.78. The number of nitrogens with zero attached hydrogens (tertiary/aromatic N) is 4. The molecule has 0 spiro atoms. The predicted octanol–water partition coefficient (Wildman–Crippen LogP) is 7.32. The fraction of sp³-hybridized carbons (Fsp3) is 0.406. The highest BCUT2D eigenvalue weighted by Crippen LogP contribution is 2.60. The Morgan fingerprint density at radius 2 is 1.93 bits per heavy atom. The topological polar surface area (TPSA) is 125 Å². The van der Waals surface area contributed by atoms with Gasteiger partial charge in [0, 0.05) is 30.4 Å². The van der Waals surface area contributed by atoms with Gasteiger partial charge >= 0.3 is 0 Å². The first-order valence-electron chi connectivity index (χ1n) is 14.9. The minimum absolute atomic E-state index is 0.0724. The van der Waals surface area contributed by atoms with E-state index in [-0.39, 0.29) is 11.5 Å². The van der Waals surface area contributed by atoms with E-state index in [1.807, 2.05) is 55.6 Å². The number of rotatable bonds is 11. The van der Waals surface area contributed by atoms with Crippen molar-refractivity contribution >= 4 is 45.3 Å². The molecule has 3 N–H and O–H groups in total. The summed E-state index contributed by atoms with van der Waals surface area (Å²) in [5.74, 6) is 1.26. The number of nitriles is 1. The summed E-state index contributed by atoms with van der Waals surface area (Å²) in [6.45, 7) is 4.70. The third-order valence-electron chi connectivity index (χ3n) is 7.78. The highest BCUT2D eigenvalue weighted by atomic mass is 32.1. The number of benzene rings is 1. The second kappa shape index (κ2) is 14.3. The number of halogens is 2. The second-order valence-corrected chi connectivity index (χ2v) is 13.0. The second-order valence-electron chi connectivity index (χ2n) is 11.0. The lowest BCUT2D eigenvalue weighted by atomic mass is 10.0. The largest absolute Gasteiger partial charge is 0.362 e. The van der Waals surface area contributed by atoms with E-state index in [0.29, 0.717) is 17.2 Å². The Balaban J connectivity index is 0.000000180. The number of nitrogens with one attached hydrogen (secondary N) is 3. The number of hydrogen-bond acceptors (Lipinski definition) is 8. The molecule has 0 radical (unpaired) electrons. The summed E-state index contributed by atoms with van der Waals surface area (Å²) in [6, 6.07) is 12.9. The minimum atomic E-state index is -2.77. The van der Waals surface area contributed by atoms with Gasteiger partial charge in [-0.1, -0.05) is 42.5 Å². The SMILES string of the molecule is CCNc1nc(CC)c(C(=O)NC(C#N)c2cccs2)s1.Cn1cc(C(=O)Nc2ccccc2C2CC2C2CC2)c(C(F)F)n1. The molecule has 3 heterocycles. The van der Waals surface area contributed by atoms with Gasteiger partial charge in [0.25, 0.3) is 18.2 Å². The van der Waals surface area contributed by atoms with Gasteiger partial charge in [-0.25, -0.2) is 13.8 Å². The fourth-order valence-electron chi connectivity index (χ4n) is 5.40. The maximum atomic E-state index is 13.0. The van der Waals surface area contributed by atoms with Crippen molar-refractivity contribution in [1.82, 2.24) is 20.1 Å². The van der Waals surface area contributed by atoms with E-state index >= 15 is 0 Å². The number of hydrogen-bond donors (Lipinski definition) is 3. The van der Waals surface area contributed by atoms with Crippen LogP contribution in [-0.2, 0) is 13.5 Å². The summed E-state index contributed by atoms with van der Waals surface area (Å²) in [6.07, 6.45) is 3.02. The third-order valence-corrected chi connectivity index (χ3v) is 9.77. The molecular formula is C32H35F2N7O2S2. The van der Waals surface area contributed by atoms with Gasteiger partial charge in [0.2, 0.25) is 0 Å². The zero-order valence-corrected chi connectivity index (χ0v) is 26.9. The quantitative estimate of drug-likeness (QED) is 0.156. The van der Waals surface area contributed by atoms with Crippen LogP contribution in [-0.4, -0.2) is 33.1 Å². The van der Waals surface area contributed by atoms with Crippen LogP contribution in [0.2, 0.25) is 0 Å². The predicted molar refractivity (Wildman–Crippen MR) is 172 cm³/mol. The van der Waals surface area contributed by atoms with Crippen LogP contribution < -0.4 is 16.0 Å². The number of aryl methyl sites for hydroxylation is 2. The molecule has 3 atom stereocenters. The smallest absolute Gasteiger partial charge is 0.282 e. The molecule has 0 saturated heterocycles. The molecule has 2 aliphatic rings. The van der Waals surface area contributed by atoms with Gasteiger partial charge < -0.3 is 16.0 Å². The Labute approximate surface area is 268 Å². The number of amides is 2. The van der Waals surface area contributed by atoms with Crippen LogP contribution in [0.3, 0.4) is 0 Å². The summed E-state index contributed by atoms with van der Waals surface area (Å²) < 4.78 is 27.3. The molecule has 2 saturated carbocycles. The zero-order valence-electron chi connectivity index (χ0n) is 25.2. The van der Waals surface area contributed by atoms with Crippen molar-refractivity contribution in [2.24, 2.45) is 18.9 Å². The monoisotopic (exact) mass is 651 g/mol. The standard InChI is InChI=1S/C18H19F2N3O.C14H16N4OS2/c1-23-9-14(16(22-23)17(19)20)18(24)21-15-5-3-2-4-11(15)13-8-12(13)10-6-7-10;1-3-9-12(21-14(18-9)16-4-2)13(19)17-10(8-15)11-6-5-7-20-11/h2-5,9-10,12-13,17H,6-8H2,1H3,(H,21,24);5-7,10H,3-4H2,1-2H3,(H,16,18)(H,17,19). The lowest BCUT2D eigenvalue weighted by Crippen LogP contribution is -2.27. The van der Waals surface area contributed by atoms with Crippen molar-refractivity contribution in [1.29, 1.82) is 5.26 Å². The molecule has 0 aliphatic heterocycles. The molecule has 2 fully saturated rings. The van der Waals surface area contributed by atoms with Gasteiger partial charge in [0.1, 0.15) is 10.6 Å². The van der Waals surface area contributed by atoms with Crippen LogP contribution in [0, 0.1) is 23.2 Å². The summed E-state index contributed by atoms with van der Waals surface area (Å²) in [5.41, 5.74) is 2.05. The van der Waals surface area contributed by atoms with Gasteiger partial charge in [0.15, 0.2) is 11.2 Å². The summed E-state index contributed by atoms with van der Waals surface area (Å²) in [7, 11) is 1.53. The van der Waals surface area contributed by atoms with E-state index in [2.05, 4.69) is 32.1 Å². The number of aromatic nitrogens is 3. The number of carbonyl (C=O) groups is 2. The van der Waals surface area contributed by atoms with E-state index in [1.54, 1.807) is 0 Å². The highest BCUT2D eigenvalue weighted by Gasteiger charge is 2.48. The van der Waals surface area contributed by atoms with E-state index < -0.39 is 24.1 Å². The Hall–Kier alpha value is -4.15. The van der Waals surface area contributed by atoms with Crippen molar-refractivity contribution in [3.8, 4) is 6.07 Å². The molecule has 1 aromatic carbocycles. The lowest BCUT2D eigenvalue weighted by Gasteiger charge is -2.11. The molecule has 6 rings (SSSR count). The Morgan fingerprint density at radius 3 is 2.58 bits per heavy atom. The minimum Gasteiger partial charge on any atom is -0.362 e. The molecule has 45 heavy (non-hydrogen) atoms. The average Bonchev–Trinajstić information content (AvgIpc) is 3.87. The van der Waals surface area contributed by atoms with Gasteiger partial charge in [-0.15, -0.1) is 11.3 Å². The lowest BCUT2D eigenvalue weighted by molar-refractivity contribution is 0.0947. The number of alkyl halides is 2. The Kier molecular flexibility index (Phi) is 10.2. The molecule has 236 valence electrons. The molecule has 4 aromatic rings. The van der Waals surface area contributed by atoms with Crippen LogP contribution in [0.4, 0.5) is 19.6 Å². The molecule has 2 amide bonds. The van der Waals surface area contributed by atoms with Crippen molar-refractivity contribution < 1.29 is 18.4 Å². The molecule has 2 aliphatic carbocycles. The van der Waals surface area contributed by atoms with E-state index in [4.69, 9.17) is 0 Å². The molecule has 3 unspecified atom stereocenters. The normalized spacial score (nSPS) is 17.5. The van der Waals surface area contributed by atoms with Crippen molar-refractivity contribution in [3.05, 3.63) is 80.2 Å². The van der Waals surface area contributed by atoms with Crippen molar-refractivity contribution in [2.75, 3.05) is 17.2 Å². The first kappa shape index (κ1) is 32.2. The molecule has 9 nitrogen and oxygen atoms in total. The van der Waals surface area contributed by atoms with E-state index in [1.165, 1.54) is 53.4 Å². The van der Waals surface area contributed by atoms with Gasteiger partial charge in [-0.05, 0) is 73.4 Å². The number of thiophene rings is 1. The Morgan fingerprint density at radius 1 is 1.16 bits per heavy atom. The number of carbonyl (C=O) groups excluding carboxylic acids is 2. The molecule has 3 aromatic heterocycles. The summed E-state index contributed by atoms with van der Waals surface area (Å²) in [5, 5.41) is 24.2. The first-order valence-corrected chi connectivity index (χ1v) is 16.6. The van der Waals surface area contributed by atoms with Crippen molar-refractivity contribution in [3.63, 3.8) is 0 Å². The fourth-order valence-corrected chi connectivity index (χ4v) is 7.14. The first-order chi connectivity index (χ1) is 21.7. The van der Waals surface area contributed by atoms with Crippen LogP contribution in [0.1, 0.15) is 93.4 Å². The van der Waals surface area contributed by atoms with Gasteiger partial charge in [0.05, 0.1) is 17.3 Å². The Bertz CT molecular complexity index is 1670. The van der Waals surface area contributed by atoms with Crippen LogP contribution >= 0.6 is 22.7 Å². The number of thiazole rings is 1. The van der Waals surface area contributed by atoms with E-state index in [9.17, 15) is 23.6 Å². The van der Waals surface area contributed by atoms with Crippen LogP contribution in [0.15, 0.2) is 48.0 Å². The zero-order chi connectivity index (χ0) is 32.1. The maximum absolute atomic E-state index is 13.0. The van der Waals surface area contributed by atoms with E-state index in [0.717, 1.165) is 51.8 Å². The van der Waals surface area contributed by atoms with Crippen LogP contribution in [0.25, 0.3) is 0 Å². The third kappa shape index (κ3) is 7.75. The van der Waals surface area contributed by atoms with Gasteiger partial charge in [-0.3, -0.25) is 14.3 Å². The summed E-state index contributed by atoms with van der Waals surface area (Å²) in [4.78, 5) is 30.7. The van der Waals surface area contributed by atoms with Crippen molar-refractivity contribution in [2.45, 2.75) is 57.9 Å². The molecular weight excluding hydrogens is 617 g/mol. The number of anilines is 2. The van der Waals surface area contributed by atoms with Crippen LogP contribution in [0.5, 0.6) is 0 Å². The molecule has 13 heteroatoms. The highest BCUT2D eigenvalue weighted by molar-refractivity contribution is 7.17. The van der Waals surface area contributed by atoms with Gasteiger partial charge in [-0.2, -0.15) is 10.4 Å². The average molecular weight is 652 g/mol. The maximum Gasteiger partial charge on any atom is 0.282 e. The molecule has 0 bridgehead atoms.